The molecule has 0 heterocycles. The second-order valence-electron chi connectivity index (χ2n) is 8.05. The Kier molecular flexibility index (Phi) is 3.94. The predicted molar refractivity (Wildman–Crippen MR) is 126 cm³/mol. The van der Waals surface area contributed by atoms with Crippen molar-refractivity contribution in [1.82, 2.24) is 0 Å². The minimum absolute atomic E-state index is 0.244. The Morgan fingerprint density at radius 2 is 1.33 bits per heavy atom. The third-order valence-corrected chi connectivity index (χ3v) is 9.68. The molecule has 144 valence electrons. The van der Waals surface area contributed by atoms with Crippen molar-refractivity contribution >= 4 is 23.3 Å². The van der Waals surface area contributed by atoms with Gasteiger partial charge in [0.25, 0.3) is 0 Å². The molecule has 0 amide bonds. The third-order valence-electron chi connectivity index (χ3n) is 6.55. The smallest absolute Gasteiger partial charge is 0.171 e. The lowest BCUT2D eigenvalue weighted by atomic mass is 9.78. The number of allylic oxidation sites excluding steroid dienone is 8. The highest BCUT2D eigenvalue weighted by Crippen LogP contribution is 2.62. The van der Waals surface area contributed by atoms with Gasteiger partial charge >= 0.3 is 0 Å². The molecule has 3 aliphatic carbocycles. The van der Waals surface area contributed by atoms with Gasteiger partial charge in [-0.05, 0) is 22.3 Å². The summed E-state index contributed by atoms with van der Waals surface area (Å²) in [6.07, 6.45) is 11.0. The van der Waals surface area contributed by atoms with Crippen LogP contribution in [0, 0.1) is 5.92 Å². The highest BCUT2D eigenvalue weighted by molar-refractivity contribution is 7.82. The molecule has 2 atom stereocenters. The van der Waals surface area contributed by atoms with Crippen molar-refractivity contribution in [3.63, 3.8) is 0 Å². The Labute approximate surface area is 177 Å². The van der Waals surface area contributed by atoms with Gasteiger partial charge in [0.1, 0.15) is 0 Å². The predicted octanol–water partition coefficient (Wildman–Crippen LogP) is 6.19. The van der Waals surface area contributed by atoms with E-state index in [4.69, 9.17) is 0 Å². The van der Waals surface area contributed by atoms with E-state index in [-0.39, 0.29) is 5.92 Å². The fraction of sp³-hybridized carbons (Fsp3) is 0.0714. The lowest BCUT2D eigenvalue weighted by Gasteiger charge is -2.32. The molecule has 2 unspecified atom stereocenters. The first-order valence-electron chi connectivity index (χ1n) is 10.4. The zero-order valence-corrected chi connectivity index (χ0v) is 17.4. The molecule has 30 heavy (non-hydrogen) atoms. The minimum Gasteiger partial charge on any atom is -0.309 e. The summed E-state index contributed by atoms with van der Waals surface area (Å²) < 4.78 is 15.0. The zero-order valence-electron chi connectivity index (χ0n) is 16.5. The lowest BCUT2D eigenvalue weighted by molar-refractivity contribution is 0.590. The fourth-order valence-corrected chi connectivity index (χ4v) is 8.16. The second kappa shape index (κ2) is 6.69. The minimum atomic E-state index is -3.00. The molecule has 3 aliphatic rings. The quantitative estimate of drug-likeness (QED) is 0.476. The molecule has 2 heteroatoms. The van der Waals surface area contributed by atoms with E-state index in [0.717, 1.165) is 15.9 Å². The first-order valence-corrected chi connectivity index (χ1v) is 12.1. The maximum atomic E-state index is 15.0. The average molecular weight is 404 g/mol. The van der Waals surface area contributed by atoms with Crippen LogP contribution in [0.4, 0.5) is 0 Å². The van der Waals surface area contributed by atoms with Crippen molar-refractivity contribution < 1.29 is 4.57 Å². The molecule has 1 nitrogen and oxygen atoms in total. The molecule has 0 aliphatic heterocycles. The van der Waals surface area contributed by atoms with Gasteiger partial charge in [0.2, 0.25) is 0 Å². The molecule has 3 aromatic carbocycles. The summed E-state index contributed by atoms with van der Waals surface area (Å²) in [5, 5.41) is 2.75. The highest BCUT2D eigenvalue weighted by Gasteiger charge is 2.43. The van der Waals surface area contributed by atoms with Crippen LogP contribution in [-0.2, 0) is 4.57 Å². The summed E-state index contributed by atoms with van der Waals surface area (Å²) >= 11 is 0. The van der Waals surface area contributed by atoms with Crippen molar-refractivity contribution in [2.75, 3.05) is 0 Å². The Balaban J connectivity index is 1.62. The van der Waals surface area contributed by atoms with Gasteiger partial charge in [-0.25, -0.2) is 0 Å². The van der Waals surface area contributed by atoms with Crippen LogP contribution in [0.2, 0.25) is 0 Å². The fourth-order valence-electron chi connectivity index (χ4n) is 5.25. The van der Waals surface area contributed by atoms with Crippen LogP contribution >= 0.6 is 7.14 Å². The molecule has 0 radical (unpaired) electrons. The number of fused-ring (bicyclic) bond motifs is 3. The standard InChI is InChI=1S/C28H21OP/c29-30(20-10-3-1-4-11-20,21-12-5-2-6-13-21)27-19-18-25-23-15-8-7-14-22(23)24-16-9-17-26(27)28(24)25/h1-19,25,28H. The first kappa shape index (κ1) is 17.7. The van der Waals surface area contributed by atoms with E-state index in [1.54, 1.807) is 0 Å². The van der Waals surface area contributed by atoms with Gasteiger partial charge < -0.3 is 4.57 Å². The monoisotopic (exact) mass is 404 g/mol. The molecule has 0 aromatic heterocycles. The van der Waals surface area contributed by atoms with Gasteiger partial charge in [-0.1, -0.05) is 115 Å². The molecule has 0 N–H and O–H groups in total. The van der Waals surface area contributed by atoms with Gasteiger partial charge in [0, 0.05) is 27.8 Å². The van der Waals surface area contributed by atoms with Crippen molar-refractivity contribution in [1.29, 1.82) is 0 Å². The molecular weight excluding hydrogens is 383 g/mol. The van der Waals surface area contributed by atoms with Crippen molar-refractivity contribution in [3.8, 4) is 0 Å². The summed E-state index contributed by atoms with van der Waals surface area (Å²) in [5.74, 6) is 0.560. The van der Waals surface area contributed by atoms with E-state index in [2.05, 4.69) is 54.6 Å². The van der Waals surface area contributed by atoms with Gasteiger partial charge in [0.15, 0.2) is 7.14 Å². The van der Waals surface area contributed by atoms with Crippen LogP contribution in [0.15, 0.2) is 126 Å². The highest BCUT2D eigenvalue weighted by atomic mass is 31.2. The second-order valence-corrected chi connectivity index (χ2v) is 10.8. The van der Waals surface area contributed by atoms with Crippen LogP contribution < -0.4 is 10.6 Å². The lowest BCUT2D eigenvalue weighted by Crippen LogP contribution is -2.22. The van der Waals surface area contributed by atoms with Gasteiger partial charge in [-0.2, -0.15) is 0 Å². The Morgan fingerprint density at radius 1 is 0.700 bits per heavy atom. The normalized spacial score (nSPS) is 21.3. The number of hydrogen-bond acceptors (Lipinski definition) is 1. The first-order chi connectivity index (χ1) is 14.8. The largest absolute Gasteiger partial charge is 0.309 e. The van der Waals surface area contributed by atoms with Crippen molar-refractivity contribution in [3.05, 3.63) is 137 Å². The van der Waals surface area contributed by atoms with E-state index in [1.165, 1.54) is 22.3 Å². The Hall–Kier alpha value is -3.15. The summed E-state index contributed by atoms with van der Waals surface area (Å²) in [4.78, 5) is 0. The van der Waals surface area contributed by atoms with E-state index in [1.807, 2.05) is 60.7 Å². The van der Waals surface area contributed by atoms with E-state index < -0.39 is 7.14 Å². The molecule has 0 bridgehead atoms. The van der Waals surface area contributed by atoms with Crippen molar-refractivity contribution in [2.45, 2.75) is 5.92 Å². The summed E-state index contributed by atoms with van der Waals surface area (Å²) in [5.41, 5.74) is 5.25. The molecule has 0 fully saturated rings. The van der Waals surface area contributed by atoms with Crippen LogP contribution in [0.25, 0.3) is 5.57 Å². The zero-order chi connectivity index (χ0) is 20.1. The third kappa shape index (κ3) is 2.39. The topological polar surface area (TPSA) is 17.1 Å². The van der Waals surface area contributed by atoms with E-state index >= 15 is 0 Å². The molecule has 0 spiro atoms. The van der Waals surface area contributed by atoms with Crippen molar-refractivity contribution in [2.24, 2.45) is 5.92 Å². The van der Waals surface area contributed by atoms with E-state index in [9.17, 15) is 4.57 Å². The number of benzene rings is 3. The summed E-state index contributed by atoms with van der Waals surface area (Å²) in [7, 11) is -3.00. The molecule has 3 aromatic rings. The molecular formula is C28H21OP. The van der Waals surface area contributed by atoms with Crippen LogP contribution in [-0.4, -0.2) is 0 Å². The van der Waals surface area contributed by atoms with Gasteiger partial charge in [-0.3, -0.25) is 0 Å². The molecule has 0 saturated heterocycles. The van der Waals surface area contributed by atoms with Crippen LogP contribution in [0.3, 0.4) is 0 Å². The summed E-state index contributed by atoms with van der Waals surface area (Å²) in [6, 6.07) is 28.6. The Bertz CT molecular complexity index is 1270. The maximum Gasteiger partial charge on any atom is 0.171 e. The molecule has 0 saturated carbocycles. The maximum absolute atomic E-state index is 15.0. The number of rotatable bonds is 3. The van der Waals surface area contributed by atoms with Crippen LogP contribution in [0.5, 0.6) is 0 Å². The van der Waals surface area contributed by atoms with E-state index in [0.29, 0.717) is 5.92 Å². The SMILES string of the molecule is O=P(C1=C2C=CC=C3c4ccccc4C(C=C1)C32)(c1ccccc1)c1ccccc1. The van der Waals surface area contributed by atoms with Crippen LogP contribution in [0.1, 0.15) is 17.0 Å². The number of hydrogen-bond donors (Lipinski definition) is 0. The summed E-state index contributed by atoms with van der Waals surface area (Å²) in [6.45, 7) is 0. The Morgan fingerprint density at radius 3 is 2.03 bits per heavy atom. The van der Waals surface area contributed by atoms with Gasteiger partial charge in [0.05, 0.1) is 0 Å². The average Bonchev–Trinajstić information content (AvgIpc) is 3.16. The van der Waals surface area contributed by atoms with Gasteiger partial charge in [-0.15, -0.1) is 0 Å². The molecule has 6 rings (SSSR count).